The molecule has 19 heavy (non-hydrogen) atoms. The van der Waals surface area contributed by atoms with Gasteiger partial charge in [0.15, 0.2) is 6.10 Å². The minimum Gasteiger partial charge on any atom is -0.481 e. The lowest BCUT2D eigenvalue weighted by atomic mass is 10.0. The van der Waals surface area contributed by atoms with Crippen LogP contribution in [0, 0.1) is 0 Å². The van der Waals surface area contributed by atoms with Crippen LogP contribution < -0.4 is 15.4 Å². The first-order valence-electron chi connectivity index (χ1n) is 6.83. The number of hydrogen-bond donors (Lipinski definition) is 2. The summed E-state index contributed by atoms with van der Waals surface area (Å²) in [6.45, 7) is 6.95. The molecule has 0 spiro atoms. The molecule has 0 saturated carbocycles. The maximum absolute atomic E-state index is 11.4. The van der Waals surface area contributed by atoms with Gasteiger partial charge in [0.05, 0.1) is 0 Å². The molecule has 1 amide bonds. The lowest BCUT2D eigenvalue weighted by molar-refractivity contribution is -0.126. The van der Waals surface area contributed by atoms with Gasteiger partial charge in [-0.25, -0.2) is 0 Å². The highest BCUT2D eigenvalue weighted by molar-refractivity contribution is 5.80. The van der Waals surface area contributed by atoms with Gasteiger partial charge in [-0.2, -0.15) is 0 Å². The van der Waals surface area contributed by atoms with Crippen molar-refractivity contribution in [3.05, 3.63) is 29.8 Å². The van der Waals surface area contributed by atoms with Crippen LogP contribution in [0.15, 0.2) is 24.3 Å². The Bertz CT molecular complexity index is 390. The van der Waals surface area contributed by atoms with E-state index in [1.165, 1.54) is 5.56 Å². The Hall–Kier alpha value is -1.55. The van der Waals surface area contributed by atoms with Crippen LogP contribution in [-0.2, 0) is 4.79 Å². The molecular formula is C15H24N2O2. The monoisotopic (exact) mass is 264 g/mol. The smallest absolute Gasteiger partial charge is 0.260 e. The predicted molar refractivity (Wildman–Crippen MR) is 77.3 cm³/mol. The minimum atomic E-state index is -0.480. The molecule has 0 heterocycles. The summed E-state index contributed by atoms with van der Waals surface area (Å²) < 4.78 is 5.56. The van der Waals surface area contributed by atoms with Crippen LogP contribution in [0.3, 0.4) is 0 Å². The molecule has 4 nitrogen and oxygen atoms in total. The van der Waals surface area contributed by atoms with Crippen molar-refractivity contribution >= 4 is 5.91 Å². The molecule has 106 valence electrons. The van der Waals surface area contributed by atoms with Crippen molar-refractivity contribution in [2.24, 2.45) is 0 Å². The Labute approximate surface area is 115 Å². The highest BCUT2D eigenvalue weighted by Crippen LogP contribution is 2.20. The summed E-state index contributed by atoms with van der Waals surface area (Å²) in [6, 6.07) is 8.28. The largest absolute Gasteiger partial charge is 0.481 e. The van der Waals surface area contributed by atoms with Gasteiger partial charge in [-0.15, -0.1) is 0 Å². The van der Waals surface area contributed by atoms with Crippen molar-refractivity contribution in [3.63, 3.8) is 0 Å². The van der Waals surface area contributed by atoms with E-state index in [1.54, 1.807) is 14.0 Å². The zero-order chi connectivity index (χ0) is 14.3. The molecule has 4 heteroatoms. The van der Waals surface area contributed by atoms with Crippen LogP contribution in [0.1, 0.15) is 38.8 Å². The van der Waals surface area contributed by atoms with Gasteiger partial charge < -0.3 is 15.4 Å². The molecule has 0 bridgehead atoms. The average molecular weight is 264 g/mol. The number of carbonyl (C=O) groups is 1. The van der Waals surface area contributed by atoms with E-state index in [2.05, 4.69) is 24.5 Å². The lowest BCUT2D eigenvalue weighted by Gasteiger charge is -2.17. The van der Waals surface area contributed by atoms with E-state index in [-0.39, 0.29) is 5.91 Å². The summed E-state index contributed by atoms with van der Waals surface area (Å²) in [7, 11) is 1.60. The molecule has 0 radical (unpaired) electrons. The minimum absolute atomic E-state index is 0.122. The van der Waals surface area contributed by atoms with Crippen LogP contribution in [0.4, 0.5) is 0 Å². The van der Waals surface area contributed by atoms with Gasteiger partial charge in [0.2, 0.25) is 0 Å². The number of ether oxygens (including phenoxy) is 1. The summed E-state index contributed by atoms with van der Waals surface area (Å²) in [4.78, 5) is 11.4. The molecule has 2 N–H and O–H groups in total. The van der Waals surface area contributed by atoms with Gasteiger partial charge in [0.1, 0.15) is 5.75 Å². The van der Waals surface area contributed by atoms with E-state index in [0.717, 1.165) is 13.0 Å². The summed E-state index contributed by atoms with van der Waals surface area (Å²) >= 11 is 0. The second-order valence-corrected chi connectivity index (χ2v) is 4.46. The van der Waals surface area contributed by atoms with Crippen molar-refractivity contribution in [1.29, 1.82) is 0 Å². The maximum atomic E-state index is 11.4. The fourth-order valence-electron chi connectivity index (χ4n) is 1.98. The number of hydrogen-bond acceptors (Lipinski definition) is 3. The first-order chi connectivity index (χ1) is 9.12. The molecule has 0 aromatic heterocycles. The van der Waals surface area contributed by atoms with Gasteiger partial charge >= 0.3 is 0 Å². The number of carbonyl (C=O) groups excluding carboxylic acids is 1. The molecule has 2 unspecified atom stereocenters. The topological polar surface area (TPSA) is 50.4 Å². The third-order valence-corrected chi connectivity index (χ3v) is 3.07. The molecule has 0 saturated heterocycles. The Kier molecular flexibility index (Phi) is 6.36. The summed E-state index contributed by atoms with van der Waals surface area (Å²) in [6.07, 6.45) is 0.564. The van der Waals surface area contributed by atoms with E-state index in [1.807, 2.05) is 24.3 Å². The standard InChI is InChI=1S/C15H24N2O2/c1-5-14(17-6-2)12-7-9-13(10-8-12)19-11(3)15(18)16-4/h7-11,14,17H,5-6H2,1-4H3,(H,16,18). The molecule has 1 aromatic rings. The summed E-state index contributed by atoms with van der Waals surface area (Å²) in [5, 5.41) is 6.00. The molecular weight excluding hydrogens is 240 g/mol. The fraction of sp³-hybridized carbons (Fsp3) is 0.533. The molecule has 1 aromatic carbocycles. The number of amides is 1. The van der Waals surface area contributed by atoms with Crippen LogP contribution in [-0.4, -0.2) is 25.6 Å². The normalized spacial score (nSPS) is 13.7. The van der Waals surface area contributed by atoms with E-state index in [9.17, 15) is 4.79 Å². The van der Waals surface area contributed by atoms with E-state index >= 15 is 0 Å². The van der Waals surface area contributed by atoms with Crippen molar-refractivity contribution < 1.29 is 9.53 Å². The predicted octanol–water partition coefficient (Wildman–Crippen LogP) is 2.26. The average Bonchev–Trinajstić information content (AvgIpc) is 2.44. The summed E-state index contributed by atoms with van der Waals surface area (Å²) in [5.74, 6) is 0.592. The van der Waals surface area contributed by atoms with Crippen molar-refractivity contribution in [2.75, 3.05) is 13.6 Å². The Morgan fingerprint density at radius 1 is 1.26 bits per heavy atom. The Morgan fingerprint density at radius 3 is 2.37 bits per heavy atom. The van der Waals surface area contributed by atoms with Crippen molar-refractivity contribution in [1.82, 2.24) is 10.6 Å². The first-order valence-corrected chi connectivity index (χ1v) is 6.83. The van der Waals surface area contributed by atoms with Crippen LogP contribution >= 0.6 is 0 Å². The van der Waals surface area contributed by atoms with E-state index in [0.29, 0.717) is 11.8 Å². The van der Waals surface area contributed by atoms with E-state index in [4.69, 9.17) is 4.74 Å². The number of likely N-dealkylation sites (N-methyl/N-ethyl adjacent to an activating group) is 1. The van der Waals surface area contributed by atoms with E-state index < -0.39 is 6.10 Å². The number of benzene rings is 1. The lowest BCUT2D eigenvalue weighted by Crippen LogP contribution is -2.33. The third-order valence-electron chi connectivity index (χ3n) is 3.07. The second-order valence-electron chi connectivity index (χ2n) is 4.46. The quantitative estimate of drug-likeness (QED) is 0.794. The second kappa shape index (κ2) is 7.79. The molecule has 2 atom stereocenters. The molecule has 0 aliphatic carbocycles. The van der Waals surface area contributed by atoms with Crippen molar-refractivity contribution in [2.45, 2.75) is 39.3 Å². The van der Waals surface area contributed by atoms with Crippen molar-refractivity contribution in [3.8, 4) is 5.75 Å². The molecule has 0 aliphatic heterocycles. The van der Waals surface area contributed by atoms with Gasteiger partial charge in [0.25, 0.3) is 5.91 Å². The SMILES string of the molecule is CCNC(CC)c1ccc(OC(C)C(=O)NC)cc1. The van der Waals surface area contributed by atoms with Gasteiger partial charge in [0, 0.05) is 13.1 Å². The fourth-order valence-corrected chi connectivity index (χ4v) is 1.98. The van der Waals surface area contributed by atoms with Crippen LogP contribution in [0.5, 0.6) is 5.75 Å². The number of rotatable bonds is 7. The zero-order valence-electron chi connectivity index (χ0n) is 12.2. The van der Waals surface area contributed by atoms with Crippen LogP contribution in [0.2, 0.25) is 0 Å². The Balaban J connectivity index is 2.68. The molecule has 0 aliphatic rings. The first kappa shape index (κ1) is 15.5. The molecule has 0 fully saturated rings. The highest BCUT2D eigenvalue weighted by Gasteiger charge is 2.13. The Morgan fingerprint density at radius 2 is 1.89 bits per heavy atom. The van der Waals surface area contributed by atoms with Gasteiger partial charge in [-0.1, -0.05) is 26.0 Å². The van der Waals surface area contributed by atoms with Gasteiger partial charge in [-0.3, -0.25) is 4.79 Å². The van der Waals surface area contributed by atoms with Crippen LogP contribution in [0.25, 0.3) is 0 Å². The third kappa shape index (κ3) is 4.56. The van der Waals surface area contributed by atoms with Gasteiger partial charge in [-0.05, 0) is 37.6 Å². The highest BCUT2D eigenvalue weighted by atomic mass is 16.5. The maximum Gasteiger partial charge on any atom is 0.260 e. The zero-order valence-corrected chi connectivity index (χ0v) is 12.2. The number of nitrogens with one attached hydrogen (secondary N) is 2. The molecule has 1 rings (SSSR count). The summed E-state index contributed by atoms with van der Waals surface area (Å²) in [5.41, 5.74) is 1.24.